The standard InChI is InChI=1S/C16H28N4S/c1-2-10-17-15-14(18-19-21-15)13-20-11-8-16(9-12-20)6-4-3-5-7-16/h17H,2-13H2,1H3. The van der Waals surface area contributed by atoms with Gasteiger partial charge in [0.2, 0.25) is 0 Å². The Kier molecular flexibility index (Phi) is 5.11. The molecular weight excluding hydrogens is 280 g/mol. The zero-order valence-electron chi connectivity index (χ0n) is 13.2. The van der Waals surface area contributed by atoms with Crippen LogP contribution in [0.2, 0.25) is 0 Å². The number of anilines is 1. The van der Waals surface area contributed by atoms with Gasteiger partial charge in [-0.2, -0.15) is 0 Å². The van der Waals surface area contributed by atoms with E-state index in [4.69, 9.17) is 0 Å². The van der Waals surface area contributed by atoms with Crippen LogP contribution in [-0.2, 0) is 6.54 Å². The van der Waals surface area contributed by atoms with Crippen molar-refractivity contribution in [3.63, 3.8) is 0 Å². The van der Waals surface area contributed by atoms with Crippen LogP contribution < -0.4 is 5.32 Å². The highest BCUT2D eigenvalue weighted by Crippen LogP contribution is 2.44. The molecule has 3 rings (SSSR count). The molecule has 2 fully saturated rings. The van der Waals surface area contributed by atoms with Gasteiger partial charge in [-0.15, -0.1) is 5.10 Å². The number of aromatic nitrogens is 2. The summed E-state index contributed by atoms with van der Waals surface area (Å²) in [5, 5.41) is 8.96. The third-order valence-electron chi connectivity index (χ3n) is 5.30. The van der Waals surface area contributed by atoms with Crippen LogP contribution in [0.4, 0.5) is 5.00 Å². The largest absolute Gasteiger partial charge is 0.374 e. The Bertz CT molecular complexity index is 429. The van der Waals surface area contributed by atoms with Gasteiger partial charge in [-0.1, -0.05) is 30.7 Å². The summed E-state index contributed by atoms with van der Waals surface area (Å²) in [5.41, 5.74) is 1.84. The van der Waals surface area contributed by atoms with E-state index < -0.39 is 0 Å². The van der Waals surface area contributed by atoms with Gasteiger partial charge in [0.05, 0.1) is 0 Å². The summed E-state index contributed by atoms with van der Waals surface area (Å²) in [6.07, 6.45) is 11.3. The van der Waals surface area contributed by atoms with E-state index in [1.807, 2.05) is 0 Å². The molecule has 1 N–H and O–H groups in total. The summed E-state index contributed by atoms with van der Waals surface area (Å²) in [4.78, 5) is 2.58. The Labute approximate surface area is 132 Å². The Balaban J connectivity index is 1.52. The topological polar surface area (TPSA) is 41.1 Å². The molecule has 5 heteroatoms. The minimum absolute atomic E-state index is 0.693. The lowest BCUT2D eigenvalue weighted by Gasteiger charge is -2.44. The lowest BCUT2D eigenvalue weighted by atomic mass is 9.68. The van der Waals surface area contributed by atoms with Gasteiger partial charge < -0.3 is 5.32 Å². The van der Waals surface area contributed by atoms with Crippen LogP contribution in [0.15, 0.2) is 0 Å². The van der Waals surface area contributed by atoms with Crippen molar-refractivity contribution in [3.8, 4) is 0 Å². The van der Waals surface area contributed by atoms with Crippen molar-refractivity contribution in [2.24, 2.45) is 5.41 Å². The van der Waals surface area contributed by atoms with Crippen molar-refractivity contribution in [1.29, 1.82) is 0 Å². The number of hydrogen-bond acceptors (Lipinski definition) is 5. The number of likely N-dealkylation sites (tertiary alicyclic amines) is 1. The molecule has 1 spiro atoms. The third kappa shape index (κ3) is 3.75. The zero-order chi connectivity index (χ0) is 14.5. The molecule has 1 aliphatic carbocycles. The van der Waals surface area contributed by atoms with Crippen molar-refractivity contribution in [1.82, 2.24) is 14.5 Å². The fourth-order valence-corrected chi connectivity index (χ4v) is 4.48. The Morgan fingerprint density at radius 1 is 1.14 bits per heavy atom. The third-order valence-corrected chi connectivity index (χ3v) is 6.02. The minimum Gasteiger partial charge on any atom is -0.374 e. The molecule has 1 saturated heterocycles. The van der Waals surface area contributed by atoms with E-state index >= 15 is 0 Å². The van der Waals surface area contributed by atoms with Crippen LogP contribution in [-0.4, -0.2) is 34.1 Å². The zero-order valence-corrected chi connectivity index (χ0v) is 14.1. The first-order valence-corrected chi connectivity index (χ1v) is 9.36. The second kappa shape index (κ2) is 7.05. The fraction of sp³-hybridized carbons (Fsp3) is 0.875. The molecule has 1 aromatic heterocycles. The molecular formula is C16H28N4S. The highest BCUT2D eigenvalue weighted by Gasteiger charge is 2.35. The summed E-state index contributed by atoms with van der Waals surface area (Å²) in [5.74, 6) is 0. The van der Waals surface area contributed by atoms with Crippen LogP contribution >= 0.6 is 11.5 Å². The second-order valence-electron chi connectivity index (χ2n) is 6.81. The lowest BCUT2D eigenvalue weighted by molar-refractivity contribution is 0.0636. The first-order chi connectivity index (χ1) is 10.3. The van der Waals surface area contributed by atoms with Gasteiger partial charge >= 0.3 is 0 Å². The predicted octanol–water partition coefficient (Wildman–Crippen LogP) is 3.91. The van der Waals surface area contributed by atoms with Gasteiger partial charge in [-0.25, -0.2) is 0 Å². The average molecular weight is 308 g/mol. The lowest BCUT2D eigenvalue weighted by Crippen LogP contribution is -2.40. The Morgan fingerprint density at radius 3 is 2.62 bits per heavy atom. The molecule has 0 aromatic carbocycles. The van der Waals surface area contributed by atoms with Crippen LogP contribution in [0, 0.1) is 5.41 Å². The van der Waals surface area contributed by atoms with Gasteiger partial charge in [-0.05, 0) is 50.6 Å². The molecule has 4 nitrogen and oxygen atoms in total. The maximum Gasteiger partial charge on any atom is 0.134 e. The van der Waals surface area contributed by atoms with E-state index in [9.17, 15) is 0 Å². The van der Waals surface area contributed by atoms with Crippen LogP contribution in [0.1, 0.15) is 64.0 Å². The van der Waals surface area contributed by atoms with Gasteiger partial charge in [0, 0.05) is 24.6 Å². The highest BCUT2D eigenvalue weighted by molar-refractivity contribution is 7.10. The van der Waals surface area contributed by atoms with Crippen molar-refractivity contribution < 1.29 is 0 Å². The number of nitrogens with zero attached hydrogens (tertiary/aromatic N) is 3. The van der Waals surface area contributed by atoms with Crippen molar-refractivity contribution in [3.05, 3.63) is 5.69 Å². The summed E-state index contributed by atoms with van der Waals surface area (Å²) in [6.45, 7) is 6.66. The first-order valence-electron chi connectivity index (χ1n) is 8.59. The maximum atomic E-state index is 4.33. The molecule has 0 unspecified atom stereocenters. The van der Waals surface area contributed by atoms with Crippen LogP contribution in [0.5, 0.6) is 0 Å². The summed E-state index contributed by atoms with van der Waals surface area (Å²) in [7, 11) is 0. The number of piperidine rings is 1. The predicted molar refractivity (Wildman–Crippen MR) is 88.7 cm³/mol. The van der Waals surface area contributed by atoms with Gasteiger partial charge in [0.25, 0.3) is 0 Å². The van der Waals surface area contributed by atoms with Crippen molar-refractivity contribution in [2.45, 2.75) is 64.8 Å². The molecule has 2 heterocycles. The average Bonchev–Trinajstić information content (AvgIpc) is 2.96. The first kappa shape index (κ1) is 15.2. The Hall–Kier alpha value is -0.680. The highest BCUT2D eigenvalue weighted by atomic mass is 32.1. The second-order valence-corrected chi connectivity index (χ2v) is 7.57. The van der Waals surface area contributed by atoms with E-state index in [1.54, 1.807) is 0 Å². The molecule has 1 saturated carbocycles. The smallest absolute Gasteiger partial charge is 0.134 e. The number of rotatable bonds is 5. The molecule has 0 radical (unpaired) electrons. The monoisotopic (exact) mass is 308 g/mol. The van der Waals surface area contributed by atoms with E-state index in [0.717, 1.165) is 25.2 Å². The van der Waals surface area contributed by atoms with E-state index in [2.05, 4.69) is 26.7 Å². The van der Waals surface area contributed by atoms with Gasteiger partial charge in [0.1, 0.15) is 10.7 Å². The summed E-state index contributed by atoms with van der Waals surface area (Å²) in [6, 6.07) is 0. The van der Waals surface area contributed by atoms with E-state index in [1.165, 1.54) is 74.6 Å². The summed E-state index contributed by atoms with van der Waals surface area (Å²) < 4.78 is 4.13. The maximum absolute atomic E-state index is 4.33. The molecule has 1 aromatic rings. The normalized spacial score (nSPS) is 22.5. The molecule has 21 heavy (non-hydrogen) atoms. The summed E-state index contributed by atoms with van der Waals surface area (Å²) >= 11 is 1.50. The molecule has 2 aliphatic rings. The van der Waals surface area contributed by atoms with Gasteiger partial charge in [0.15, 0.2) is 0 Å². The van der Waals surface area contributed by atoms with Crippen LogP contribution in [0.3, 0.4) is 0 Å². The Morgan fingerprint density at radius 2 is 1.90 bits per heavy atom. The van der Waals surface area contributed by atoms with Crippen LogP contribution in [0.25, 0.3) is 0 Å². The molecule has 0 amide bonds. The van der Waals surface area contributed by atoms with E-state index in [0.29, 0.717) is 5.41 Å². The molecule has 118 valence electrons. The number of hydrogen-bond donors (Lipinski definition) is 1. The quantitative estimate of drug-likeness (QED) is 0.895. The molecule has 0 atom stereocenters. The van der Waals surface area contributed by atoms with Crippen molar-refractivity contribution in [2.75, 3.05) is 25.0 Å². The molecule has 1 aliphatic heterocycles. The SMILES string of the molecule is CCCNc1snnc1CN1CCC2(CCCCC2)CC1. The van der Waals surface area contributed by atoms with Crippen molar-refractivity contribution >= 4 is 16.5 Å². The number of nitrogens with one attached hydrogen (secondary N) is 1. The fourth-order valence-electron chi connectivity index (χ4n) is 3.88. The van der Waals surface area contributed by atoms with E-state index in [-0.39, 0.29) is 0 Å². The van der Waals surface area contributed by atoms with Gasteiger partial charge in [-0.3, -0.25) is 4.90 Å². The molecule has 0 bridgehead atoms. The minimum atomic E-state index is 0.693.